The summed E-state index contributed by atoms with van der Waals surface area (Å²) in [5.41, 5.74) is 2.29. The van der Waals surface area contributed by atoms with Crippen molar-refractivity contribution in [1.29, 1.82) is 0 Å². The highest BCUT2D eigenvalue weighted by atomic mass is 16.5. The fourth-order valence-electron chi connectivity index (χ4n) is 3.77. The Hall–Kier alpha value is -4.44. The number of benzene rings is 2. The number of fused-ring (bicyclic) bond motifs is 1. The Morgan fingerprint density at radius 2 is 1.87 bits per heavy atom. The fraction of sp³-hybridized carbons (Fsp3) is 0.286. The van der Waals surface area contributed by atoms with Crippen LogP contribution < -0.4 is 19.5 Å². The van der Waals surface area contributed by atoms with E-state index in [4.69, 9.17) is 18.9 Å². The van der Waals surface area contributed by atoms with Crippen LogP contribution in [0.3, 0.4) is 0 Å². The van der Waals surface area contributed by atoms with Gasteiger partial charge in [0.15, 0.2) is 17.6 Å². The van der Waals surface area contributed by atoms with Gasteiger partial charge in [-0.15, -0.1) is 0 Å². The molecule has 2 aromatic heterocycles. The van der Waals surface area contributed by atoms with E-state index in [9.17, 15) is 4.79 Å². The highest BCUT2D eigenvalue weighted by molar-refractivity contribution is 5.96. The molecule has 0 spiro atoms. The fourth-order valence-corrected chi connectivity index (χ4v) is 3.77. The second-order valence-corrected chi connectivity index (χ2v) is 8.61. The van der Waals surface area contributed by atoms with Gasteiger partial charge in [0.2, 0.25) is 0 Å². The van der Waals surface area contributed by atoms with E-state index < -0.39 is 6.10 Å². The van der Waals surface area contributed by atoms with Crippen LogP contribution in [0.15, 0.2) is 61.1 Å². The molecule has 1 atom stereocenters. The van der Waals surface area contributed by atoms with Gasteiger partial charge in [-0.25, -0.2) is 9.97 Å². The van der Waals surface area contributed by atoms with Crippen LogP contribution in [0.25, 0.3) is 10.9 Å². The molecule has 0 unspecified atom stereocenters. The van der Waals surface area contributed by atoms with Crippen molar-refractivity contribution in [2.45, 2.75) is 20.0 Å². The van der Waals surface area contributed by atoms with Gasteiger partial charge in [-0.1, -0.05) is 6.07 Å². The highest BCUT2D eigenvalue weighted by Gasteiger charge is 2.21. The minimum Gasteiger partial charge on any atom is -0.493 e. The Bertz CT molecular complexity index is 1390. The molecule has 0 aliphatic carbocycles. The third kappa shape index (κ3) is 6.27. The topological polar surface area (TPSA) is 108 Å². The van der Waals surface area contributed by atoms with Crippen molar-refractivity contribution < 1.29 is 23.7 Å². The van der Waals surface area contributed by atoms with E-state index >= 15 is 0 Å². The average Bonchev–Trinajstić information content (AvgIpc) is 2.93. The monoisotopic (exact) mass is 517 g/mol. The normalized spacial score (nSPS) is 11.6. The molecule has 4 aromatic rings. The predicted octanol–water partition coefficient (Wildman–Crippen LogP) is 4.75. The lowest BCUT2D eigenvalue weighted by molar-refractivity contribution is -0.137. The smallest absolute Gasteiger partial charge is 0.263 e. The quantitative estimate of drug-likeness (QED) is 0.301. The van der Waals surface area contributed by atoms with E-state index in [-0.39, 0.29) is 5.91 Å². The summed E-state index contributed by atoms with van der Waals surface area (Å²) < 4.78 is 22.7. The minimum absolute atomic E-state index is 0.158. The standard InChI is InChI=1S/C28H31N5O5/c1-18-9-11-21(16-29-18)38-23-12-10-20(15-25(23)36-5)32-27-26-22(30-17-31-27)7-6-8-24(26)37-19(2)28(34)33(3)13-14-35-4/h6-12,15-17,19H,13-14H2,1-5H3,(H,30,31,32)/t19-/m1/s1. The van der Waals surface area contributed by atoms with Gasteiger partial charge in [-0.05, 0) is 50.2 Å². The number of aryl methyl sites for hydroxylation is 1. The first-order valence-electron chi connectivity index (χ1n) is 12.1. The molecule has 0 bridgehead atoms. The van der Waals surface area contributed by atoms with E-state index in [2.05, 4.69) is 20.3 Å². The van der Waals surface area contributed by atoms with Gasteiger partial charge in [0, 0.05) is 38.1 Å². The third-order valence-corrected chi connectivity index (χ3v) is 5.82. The minimum atomic E-state index is -0.719. The van der Waals surface area contributed by atoms with E-state index in [1.807, 2.05) is 43.3 Å². The maximum atomic E-state index is 12.8. The van der Waals surface area contributed by atoms with Crippen molar-refractivity contribution in [3.8, 4) is 23.0 Å². The summed E-state index contributed by atoms with van der Waals surface area (Å²) in [4.78, 5) is 27.5. The molecule has 0 saturated carbocycles. The molecule has 0 radical (unpaired) electrons. The van der Waals surface area contributed by atoms with E-state index in [0.29, 0.717) is 52.9 Å². The Morgan fingerprint density at radius 1 is 1.03 bits per heavy atom. The number of anilines is 2. The van der Waals surface area contributed by atoms with Crippen molar-refractivity contribution >= 4 is 28.3 Å². The van der Waals surface area contributed by atoms with Crippen LogP contribution >= 0.6 is 0 Å². The van der Waals surface area contributed by atoms with Crippen molar-refractivity contribution in [1.82, 2.24) is 19.9 Å². The Labute approximate surface area is 221 Å². The van der Waals surface area contributed by atoms with Gasteiger partial charge in [-0.3, -0.25) is 9.78 Å². The molecular formula is C28H31N5O5. The molecule has 10 nitrogen and oxygen atoms in total. The number of carbonyl (C=O) groups excluding carboxylic acids is 1. The zero-order valence-corrected chi connectivity index (χ0v) is 22.1. The summed E-state index contributed by atoms with van der Waals surface area (Å²) in [5.74, 6) is 2.54. The van der Waals surface area contributed by atoms with Crippen molar-refractivity contribution in [2.75, 3.05) is 39.7 Å². The SMILES string of the molecule is COCCN(C)C(=O)[C@@H](C)Oc1cccc2ncnc(Nc3ccc(Oc4ccc(C)nc4)c(OC)c3)c12. The number of amides is 1. The third-order valence-electron chi connectivity index (χ3n) is 5.82. The number of aromatic nitrogens is 3. The Morgan fingerprint density at radius 3 is 2.61 bits per heavy atom. The molecule has 10 heteroatoms. The molecule has 1 N–H and O–H groups in total. The zero-order chi connectivity index (χ0) is 27.1. The van der Waals surface area contributed by atoms with Crippen LogP contribution in [0.1, 0.15) is 12.6 Å². The van der Waals surface area contributed by atoms with Gasteiger partial charge >= 0.3 is 0 Å². The van der Waals surface area contributed by atoms with E-state index in [1.54, 1.807) is 51.4 Å². The summed E-state index contributed by atoms with van der Waals surface area (Å²) in [6.45, 7) is 4.55. The molecule has 198 valence electrons. The number of methoxy groups -OCH3 is 2. The first-order chi connectivity index (χ1) is 18.4. The highest BCUT2D eigenvalue weighted by Crippen LogP contribution is 2.36. The summed E-state index contributed by atoms with van der Waals surface area (Å²) in [7, 11) is 4.89. The van der Waals surface area contributed by atoms with Gasteiger partial charge in [0.1, 0.15) is 23.6 Å². The van der Waals surface area contributed by atoms with Crippen LogP contribution in [0.2, 0.25) is 0 Å². The molecule has 0 aliphatic heterocycles. The lowest BCUT2D eigenvalue weighted by atomic mass is 10.2. The maximum absolute atomic E-state index is 12.8. The lowest BCUT2D eigenvalue weighted by Gasteiger charge is -2.22. The molecule has 38 heavy (non-hydrogen) atoms. The number of nitrogens with one attached hydrogen (secondary N) is 1. The Kier molecular flexibility index (Phi) is 8.55. The molecule has 0 aliphatic rings. The van der Waals surface area contributed by atoms with Crippen LogP contribution in [0.5, 0.6) is 23.0 Å². The molecule has 4 rings (SSSR count). The average molecular weight is 518 g/mol. The largest absolute Gasteiger partial charge is 0.493 e. The first-order valence-corrected chi connectivity index (χ1v) is 12.1. The number of hydrogen-bond acceptors (Lipinski definition) is 9. The second-order valence-electron chi connectivity index (χ2n) is 8.61. The number of likely N-dealkylation sites (N-methyl/N-ethyl adjacent to an activating group) is 1. The summed E-state index contributed by atoms with van der Waals surface area (Å²) in [5, 5.41) is 3.97. The second kappa shape index (κ2) is 12.2. The van der Waals surface area contributed by atoms with Gasteiger partial charge < -0.3 is 29.2 Å². The number of rotatable bonds is 11. The van der Waals surface area contributed by atoms with Gasteiger partial charge in [0.25, 0.3) is 5.91 Å². The van der Waals surface area contributed by atoms with Crippen LogP contribution in [0.4, 0.5) is 11.5 Å². The van der Waals surface area contributed by atoms with Crippen molar-refractivity contribution in [3.05, 3.63) is 66.7 Å². The summed E-state index contributed by atoms with van der Waals surface area (Å²) in [6.07, 6.45) is 2.42. The zero-order valence-electron chi connectivity index (χ0n) is 22.1. The van der Waals surface area contributed by atoms with Gasteiger partial charge in [-0.2, -0.15) is 0 Å². The van der Waals surface area contributed by atoms with E-state index in [0.717, 1.165) is 11.4 Å². The predicted molar refractivity (Wildman–Crippen MR) is 144 cm³/mol. The number of ether oxygens (including phenoxy) is 4. The van der Waals surface area contributed by atoms with Crippen molar-refractivity contribution in [3.63, 3.8) is 0 Å². The van der Waals surface area contributed by atoms with Crippen LogP contribution in [0, 0.1) is 6.92 Å². The van der Waals surface area contributed by atoms with Gasteiger partial charge in [0.05, 0.1) is 30.8 Å². The molecule has 2 heterocycles. The lowest BCUT2D eigenvalue weighted by Crippen LogP contribution is -2.39. The maximum Gasteiger partial charge on any atom is 0.263 e. The molecule has 0 saturated heterocycles. The molecular weight excluding hydrogens is 486 g/mol. The Balaban J connectivity index is 1.59. The number of nitrogens with zero attached hydrogens (tertiary/aromatic N) is 4. The number of hydrogen-bond donors (Lipinski definition) is 1. The summed E-state index contributed by atoms with van der Waals surface area (Å²) >= 11 is 0. The molecule has 2 aromatic carbocycles. The number of pyridine rings is 1. The molecule has 1 amide bonds. The van der Waals surface area contributed by atoms with Crippen molar-refractivity contribution in [2.24, 2.45) is 0 Å². The summed E-state index contributed by atoms with van der Waals surface area (Å²) in [6, 6.07) is 14.7. The number of carbonyl (C=O) groups is 1. The van der Waals surface area contributed by atoms with Crippen LogP contribution in [-0.2, 0) is 9.53 Å². The first kappa shape index (κ1) is 26.6. The molecule has 0 fully saturated rings. The van der Waals surface area contributed by atoms with E-state index in [1.165, 1.54) is 6.33 Å². The van der Waals surface area contributed by atoms with Crippen LogP contribution in [-0.4, -0.2) is 66.3 Å².